The van der Waals surface area contributed by atoms with Gasteiger partial charge in [-0.25, -0.2) is 18.0 Å². The molecule has 0 spiro atoms. The zero-order chi connectivity index (χ0) is 30.4. The number of thiazole rings is 1. The number of nitrogens with zero attached hydrogens (tertiary/aromatic N) is 2. The normalized spacial score (nSPS) is 13.5. The van der Waals surface area contributed by atoms with E-state index in [1.54, 1.807) is 22.8 Å². The summed E-state index contributed by atoms with van der Waals surface area (Å²) in [5.74, 6) is -4.88. The SMILES string of the molecule is CCOCCn1c(=NC(=O)CS(=O)(=O)CC(=O)Nc2sc3c(c2C(=O)OC)CCCC3)sc2cc(C(=O)OC)ccc21. The molecule has 1 N–H and O–H groups in total. The van der Waals surface area contributed by atoms with Crippen LogP contribution in [-0.4, -0.2) is 75.7 Å². The third-order valence-corrected chi connectivity index (χ3v) is 10.1. The van der Waals surface area contributed by atoms with Crippen molar-refractivity contribution >= 4 is 71.5 Å². The average molecular weight is 638 g/mol. The van der Waals surface area contributed by atoms with Crippen LogP contribution >= 0.6 is 22.7 Å². The molecule has 12 nitrogen and oxygen atoms in total. The van der Waals surface area contributed by atoms with Gasteiger partial charge in [-0.15, -0.1) is 11.3 Å². The van der Waals surface area contributed by atoms with Gasteiger partial charge in [-0.05, 0) is 56.4 Å². The third-order valence-electron chi connectivity index (χ3n) is 6.50. The van der Waals surface area contributed by atoms with Crippen molar-refractivity contribution in [2.24, 2.45) is 4.99 Å². The molecule has 2 amide bonds. The maximum Gasteiger partial charge on any atom is 0.341 e. The first-order valence-corrected chi connectivity index (χ1v) is 16.6. The third kappa shape index (κ3) is 7.32. The summed E-state index contributed by atoms with van der Waals surface area (Å²) in [6, 6.07) is 4.89. The van der Waals surface area contributed by atoms with Crippen molar-refractivity contribution in [2.75, 3.05) is 44.3 Å². The number of ether oxygens (including phenoxy) is 3. The molecule has 2 aromatic heterocycles. The Hall–Kier alpha value is -3.40. The minimum Gasteiger partial charge on any atom is -0.465 e. The number of fused-ring (bicyclic) bond motifs is 2. The van der Waals surface area contributed by atoms with Gasteiger partial charge in [-0.3, -0.25) is 9.59 Å². The fourth-order valence-corrected chi connectivity index (χ4v) is 8.05. The van der Waals surface area contributed by atoms with Gasteiger partial charge in [0.1, 0.15) is 16.5 Å². The number of hydrogen-bond acceptors (Lipinski definition) is 11. The summed E-state index contributed by atoms with van der Waals surface area (Å²) in [5.41, 5.74) is 2.08. The van der Waals surface area contributed by atoms with Crippen LogP contribution in [0.2, 0.25) is 0 Å². The van der Waals surface area contributed by atoms with Crippen molar-refractivity contribution in [3.05, 3.63) is 44.6 Å². The predicted octanol–water partition coefficient (Wildman–Crippen LogP) is 2.73. The van der Waals surface area contributed by atoms with Crippen LogP contribution in [0.1, 0.15) is 50.9 Å². The lowest BCUT2D eigenvalue weighted by Crippen LogP contribution is -2.28. The van der Waals surface area contributed by atoms with Gasteiger partial charge in [-0.1, -0.05) is 11.3 Å². The van der Waals surface area contributed by atoms with Crippen molar-refractivity contribution in [3.8, 4) is 0 Å². The number of hydrogen-bond donors (Lipinski definition) is 1. The molecule has 3 aromatic rings. The van der Waals surface area contributed by atoms with Crippen molar-refractivity contribution in [1.29, 1.82) is 0 Å². The molecule has 2 heterocycles. The molecule has 0 bridgehead atoms. The van der Waals surface area contributed by atoms with Gasteiger partial charge in [0.05, 0.1) is 42.2 Å². The predicted molar refractivity (Wildman–Crippen MR) is 158 cm³/mol. The molecule has 1 aromatic carbocycles. The number of nitrogens with one attached hydrogen (secondary N) is 1. The Kier molecular flexibility index (Phi) is 10.3. The highest BCUT2D eigenvalue weighted by atomic mass is 32.2. The monoisotopic (exact) mass is 637 g/mol. The number of aryl methyl sites for hydroxylation is 1. The molecule has 0 atom stereocenters. The number of anilines is 1. The number of amides is 2. The second kappa shape index (κ2) is 13.7. The number of thiophene rings is 1. The number of sulfone groups is 1. The summed E-state index contributed by atoms with van der Waals surface area (Å²) in [5, 5.41) is 2.79. The minimum absolute atomic E-state index is 0.225. The van der Waals surface area contributed by atoms with Crippen LogP contribution in [0.5, 0.6) is 0 Å². The standard InChI is InChI=1S/C27H31N3O9S3/c1-4-39-12-11-30-18-10-9-16(25(33)37-2)13-20(18)41-27(30)29-22(32)15-42(35,36)14-21(31)28-24-23(26(34)38-3)17-7-5-6-8-19(17)40-24/h9-10,13H,4-8,11-12,14-15H2,1-3H3,(H,28,31). The van der Waals surface area contributed by atoms with Crippen LogP contribution in [0.15, 0.2) is 23.2 Å². The second-order valence-electron chi connectivity index (χ2n) is 9.40. The van der Waals surface area contributed by atoms with Crippen molar-refractivity contribution in [2.45, 2.75) is 39.2 Å². The van der Waals surface area contributed by atoms with Crippen LogP contribution in [0, 0.1) is 0 Å². The van der Waals surface area contributed by atoms with E-state index in [1.807, 2.05) is 6.92 Å². The number of benzene rings is 1. The van der Waals surface area contributed by atoms with Crippen LogP contribution in [0.3, 0.4) is 0 Å². The molecule has 0 saturated heterocycles. The quantitative estimate of drug-likeness (QED) is 0.246. The zero-order valence-corrected chi connectivity index (χ0v) is 25.8. The second-order valence-corrected chi connectivity index (χ2v) is 13.6. The van der Waals surface area contributed by atoms with Crippen LogP contribution in [-0.2, 0) is 53.0 Å². The molecule has 42 heavy (non-hydrogen) atoms. The number of aromatic nitrogens is 1. The summed E-state index contributed by atoms with van der Waals surface area (Å²) < 4.78 is 43.1. The van der Waals surface area contributed by atoms with Gasteiger partial charge >= 0.3 is 11.9 Å². The van der Waals surface area contributed by atoms with Gasteiger partial charge in [-0.2, -0.15) is 4.99 Å². The molecular formula is C27H31N3O9S3. The zero-order valence-electron chi connectivity index (χ0n) is 23.4. The largest absolute Gasteiger partial charge is 0.465 e. The van der Waals surface area contributed by atoms with Gasteiger partial charge in [0.15, 0.2) is 14.6 Å². The van der Waals surface area contributed by atoms with E-state index in [4.69, 9.17) is 14.2 Å². The molecule has 15 heteroatoms. The first kappa shape index (κ1) is 31.5. The molecule has 0 unspecified atom stereocenters. The summed E-state index contributed by atoms with van der Waals surface area (Å²) in [7, 11) is -1.68. The van der Waals surface area contributed by atoms with Gasteiger partial charge in [0, 0.05) is 18.0 Å². The lowest BCUT2D eigenvalue weighted by molar-refractivity contribution is -0.115. The Morgan fingerprint density at radius 1 is 1.02 bits per heavy atom. The molecule has 1 aliphatic carbocycles. The van der Waals surface area contributed by atoms with E-state index in [1.165, 1.54) is 25.6 Å². The number of carbonyl (C=O) groups is 4. The van der Waals surface area contributed by atoms with E-state index in [0.717, 1.165) is 41.0 Å². The van der Waals surface area contributed by atoms with Gasteiger partial charge in [0.2, 0.25) is 5.91 Å². The number of carbonyl (C=O) groups excluding carboxylic acids is 4. The van der Waals surface area contributed by atoms with E-state index in [9.17, 15) is 27.6 Å². The van der Waals surface area contributed by atoms with Gasteiger partial charge in [0.25, 0.3) is 5.91 Å². The molecule has 0 fully saturated rings. The van der Waals surface area contributed by atoms with E-state index >= 15 is 0 Å². The van der Waals surface area contributed by atoms with Crippen molar-refractivity contribution in [3.63, 3.8) is 0 Å². The number of methoxy groups -OCH3 is 2. The molecule has 1 aliphatic rings. The fraction of sp³-hybridized carbons (Fsp3) is 0.444. The highest BCUT2D eigenvalue weighted by molar-refractivity contribution is 7.92. The Morgan fingerprint density at radius 2 is 1.76 bits per heavy atom. The summed E-state index contributed by atoms with van der Waals surface area (Å²) in [6.45, 7) is 2.98. The topological polar surface area (TPSA) is 159 Å². The summed E-state index contributed by atoms with van der Waals surface area (Å²) in [6.07, 6.45) is 3.30. The maximum absolute atomic E-state index is 12.8. The van der Waals surface area contributed by atoms with Crippen molar-refractivity contribution in [1.82, 2.24) is 4.57 Å². The molecule has 0 aliphatic heterocycles. The van der Waals surface area contributed by atoms with Crippen LogP contribution in [0.4, 0.5) is 5.00 Å². The lowest BCUT2D eigenvalue weighted by atomic mass is 9.95. The summed E-state index contributed by atoms with van der Waals surface area (Å²) in [4.78, 5) is 55.2. The Bertz CT molecular complexity index is 1700. The highest BCUT2D eigenvalue weighted by Crippen LogP contribution is 2.38. The van der Waals surface area contributed by atoms with Crippen LogP contribution < -0.4 is 10.1 Å². The lowest BCUT2D eigenvalue weighted by Gasteiger charge is -2.11. The number of esters is 2. The maximum atomic E-state index is 12.8. The Labute approximate surface area is 250 Å². The van der Waals surface area contributed by atoms with Gasteiger partial charge < -0.3 is 24.1 Å². The Morgan fingerprint density at radius 3 is 2.48 bits per heavy atom. The minimum atomic E-state index is -4.20. The average Bonchev–Trinajstić information content (AvgIpc) is 3.48. The highest BCUT2D eigenvalue weighted by Gasteiger charge is 2.28. The number of rotatable bonds is 11. The molecule has 0 saturated carbocycles. The molecular weight excluding hydrogens is 607 g/mol. The van der Waals surface area contributed by atoms with E-state index in [0.29, 0.717) is 42.0 Å². The van der Waals surface area contributed by atoms with E-state index < -0.39 is 45.1 Å². The fourth-order valence-electron chi connectivity index (χ4n) is 4.63. The van der Waals surface area contributed by atoms with Crippen LogP contribution in [0.25, 0.3) is 10.2 Å². The molecule has 226 valence electrons. The first-order valence-electron chi connectivity index (χ1n) is 13.2. The molecule has 4 rings (SSSR count). The van der Waals surface area contributed by atoms with E-state index in [2.05, 4.69) is 10.3 Å². The summed E-state index contributed by atoms with van der Waals surface area (Å²) >= 11 is 2.35. The Balaban J connectivity index is 1.53. The van der Waals surface area contributed by atoms with Crippen molar-refractivity contribution < 1.29 is 41.8 Å². The smallest absolute Gasteiger partial charge is 0.341 e. The first-order chi connectivity index (χ1) is 20.1. The molecule has 0 radical (unpaired) electrons. The van der Waals surface area contributed by atoms with E-state index in [-0.39, 0.29) is 15.4 Å².